The van der Waals surface area contributed by atoms with Crippen molar-refractivity contribution in [2.75, 3.05) is 19.2 Å². The number of hydrazone groups is 1. The summed E-state index contributed by atoms with van der Waals surface area (Å²) in [5.41, 5.74) is 3.72. The van der Waals surface area contributed by atoms with Gasteiger partial charge in [0.25, 0.3) is 0 Å². The molecule has 0 bridgehead atoms. The molecule has 0 fully saturated rings. The van der Waals surface area contributed by atoms with E-state index in [0.717, 1.165) is 44.8 Å². The highest BCUT2D eigenvalue weighted by Crippen LogP contribution is 2.42. The number of para-hydroxylation sites is 1. The molecule has 0 aliphatic carbocycles. The Bertz CT molecular complexity index is 1300. The molecule has 32 heavy (non-hydrogen) atoms. The molecule has 0 saturated heterocycles. The van der Waals surface area contributed by atoms with Gasteiger partial charge >= 0.3 is 0 Å². The molecule has 4 aromatic rings. The van der Waals surface area contributed by atoms with E-state index in [1.165, 1.54) is 0 Å². The van der Waals surface area contributed by atoms with Crippen molar-refractivity contribution in [3.05, 3.63) is 96.1 Å². The number of benzene rings is 4. The number of methoxy groups -OCH3 is 2. The van der Waals surface area contributed by atoms with Gasteiger partial charge in [-0.1, -0.05) is 42.5 Å². The lowest BCUT2D eigenvalue weighted by Crippen LogP contribution is -2.18. The molecule has 1 heterocycles. The molecule has 5 nitrogen and oxygen atoms in total. The zero-order valence-corrected chi connectivity index (χ0v) is 18.0. The second-order valence-corrected chi connectivity index (χ2v) is 7.73. The van der Waals surface area contributed by atoms with E-state index >= 15 is 0 Å². The van der Waals surface area contributed by atoms with Crippen molar-refractivity contribution in [3.8, 4) is 17.2 Å². The molecule has 160 valence electrons. The van der Waals surface area contributed by atoms with Gasteiger partial charge in [0.05, 0.1) is 31.7 Å². The summed E-state index contributed by atoms with van der Waals surface area (Å²) in [7, 11) is 3.35. The molecule has 5 rings (SSSR count). The molecule has 1 aliphatic rings. The molecule has 1 unspecified atom stereocenters. The third-order valence-corrected chi connectivity index (χ3v) is 5.96. The summed E-state index contributed by atoms with van der Waals surface area (Å²) in [6, 6.07) is 27.6. The summed E-state index contributed by atoms with van der Waals surface area (Å²) in [6.07, 6.45) is 0.667. The van der Waals surface area contributed by atoms with Gasteiger partial charge in [-0.2, -0.15) is 5.10 Å². The number of ether oxygens (including phenoxy) is 2. The number of rotatable bonds is 5. The van der Waals surface area contributed by atoms with Crippen LogP contribution in [0.5, 0.6) is 17.2 Å². The van der Waals surface area contributed by atoms with Crippen molar-refractivity contribution in [1.29, 1.82) is 0 Å². The molecule has 1 aliphatic heterocycles. The van der Waals surface area contributed by atoms with Gasteiger partial charge in [0, 0.05) is 17.4 Å². The second-order valence-electron chi connectivity index (χ2n) is 7.73. The number of hydrogen-bond donors (Lipinski definition) is 1. The van der Waals surface area contributed by atoms with Crippen LogP contribution in [0.15, 0.2) is 90.0 Å². The van der Waals surface area contributed by atoms with Gasteiger partial charge in [-0.05, 0) is 53.4 Å². The Hall–Kier alpha value is -3.99. The molecule has 0 spiro atoms. The summed E-state index contributed by atoms with van der Waals surface area (Å²) >= 11 is 0. The highest BCUT2D eigenvalue weighted by Gasteiger charge is 2.32. The summed E-state index contributed by atoms with van der Waals surface area (Å²) in [5, 5.41) is 19.7. The first-order valence-electron chi connectivity index (χ1n) is 10.5. The lowest BCUT2D eigenvalue weighted by molar-refractivity contribution is 0.415. The third-order valence-electron chi connectivity index (χ3n) is 5.96. The number of aromatic hydroxyl groups is 1. The smallest absolute Gasteiger partial charge is 0.126 e. The number of hydrogen-bond acceptors (Lipinski definition) is 5. The number of fused-ring (bicyclic) bond motifs is 1. The number of phenolic OH excluding ortho intramolecular Hbond substituents is 1. The van der Waals surface area contributed by atoms with Crippen molar-refractivity contribution >= 4 is 22.2 Å². The SMILES string of the molecule is COc1ccc(N2N=C(c3ccccc3O)CC2c2ccc(OC)c3ccccc23)cc1. The molecule has 0 radical (unpaired) electrons. The van der Waals surface area contributed by atoms with Gasteiger partial charge in [-0.3, -0.25) is 5.01 Å². The maximum atomic E-state index is 10.5. The van der Waals surface area contributed by atoms with E-state index in [1.54, 1.807) is 20.3 Å². The highest BCUT2D eigenvalue weighted by atomic mass is 16.5. The monoisotopic (exact) mass is 424 g/mol. The van der Waals surface area contributed by atoms with Crippen molar-refractivity contribution in [1.82, 2.24) is 0 Å². The molecule has 4 aromatic carbocycles. The summed E-state index contributed by atoms with van der Waals surface area (Å²) in [4.78, 5) is 0. The fourth-order valence-corrected chi connectivity index (χ4v) is 4.37. The maximum Gasteiger partial charge on any atom is 0.126 e. The lowest BCUT2D eigenvalue weighted by Gasteiger charge is -2.25. The minimum atomic E-state index is -0.0335. The predicted octanol–water partition coefficient (Wildman–Crippen LogP) is 5.92. The molecule has 0 amide bonds. The van der Waals surface area contributed by atoms with E-state index in [4.69, 9.17) is 14.6 Å². The van der Waals surface area contributed by atoms with Gasteiger partial charge in [-0.25, -0.2) is 0 Å². The number of anilines is 1. The molecule has 5 heteroatoms. The molecular weight excluding hydrogens is 400 g/mol. The van der Waals surface area contributed by atoms with Crippen LogP contribution in [0.4, 0.5) is 5.69 Å². The summed E-state index contributed by atoms with van der Waals surface area (Å²) in [5.74, 6) is 1.88. The van der Waals surface area contributed by atoms with E-state index in [1.807, 2.05) is 65.7 Å². The quantitative estimate of drug-likeness (QED) is 0.432. The average molecular weight is 425 g/mol. The lowest BCUT2D eigenvalue weighted by atomic mass is 9.93. The highest BCUT2D eigenvalue weighted by molar-refractivity contribution is 6.06. The molecule has 0 aromatic heterocycles. The fourth-order valence-electron chi connectivity index (χ4n) is 4.37. The van der Waals surface area contributed by atoms with Crippen molar-refractivity contribution in [2.24, 2.45) is 5.10 Å². The van der Waals surface area contributed by atoms with Crippen LogP contribution < -0.4 is 14.5 Å². The Balaban J connectivity index is 1.65. The Morgan fingerprint density at radius 3 is 2.25 bits per heavy atom. The van der Waals surface area contributed by atoms with Crippen molar-refractivity contribution in [3.63, 3.8) is 0 Å². The van der Waals surface area contributed by atoms with Gasteiger partial charge in [-0.15, -0.1) is 0 Å². The van der Waals surface area contributed by atoms with Crippen LogP contribution in [0, 0.1) is 0 Å². The van der Waals surface area contributed by atoms with E-state index < -0.39 is 0 Å². The second kappa shape index (κ2) is 8.27. The minimum absolute atomic E-state index is 0.0335. The number of nitrogens with zero attached hydrogens (tertiary/aromatic N) is 2. The van der Waals surface area contributed by atoms with Crippen LogP contribution in [0.1, 0.15) is 23.6 Å². The first-order valence-corrected chi connectivity index (χ1v) is 10.5. The molecular formula is C27H24N2O3. The summed E-state index contributed by atoms with van der Waals surface area (Å²) < 4.78 is 10.9. The van der Waals surface area contributed by atoms with Crippen LogP contribution in [0.25, 0.3) is 10.8 Å². The summed E-state index contributed by atoms with van der Waals surface area (Å²) in [6.45, 7) is 0. The molecule has 1 N–H and O–H groups in total. The van der Waals surface area contributed by atoms with E-state index in [9.17, 15) is 5.11 Å². The van der Waals surface area contributed by atoms with E-state index in [2.05, 4.69) is 18.2 Å². The van der Waals surface area contributed by atoms with Crippen LogP contribution in [-0.2, 0) is 0 Å². The van der Waals surface area contributed by atoms with Crippen molar-refractivity contribution in [2.45, 2.75) is 12.5 Å². The van der Waals surface area contributed by atoms with E-state index in [-0.39, 0.29) is 11.8 Å². The zero-order chi connectivity index (χ0) is 22.1. The molecule has 0 saturated carbocycles. The van der Waals surface area contributed by atoms with E-state index in [0.29, 0.717) is 6.42 Å². The normalized spacial score (nSPS) is 15.6. The minimum Gasteiger partial charge on any atom is -0.507 e. The Labute approximate surface area is 187 Å². The van der Waals surface area contributed by atoms with Gasteiger partial charge in [0.2, 0.25) is 0 Å². The topological polar surface area (TPSA) is 54.3 Å². The van der Waals surface area contributed by atoms with Gasteiger partial charge < -0.3 is 14.6 Å². The fraction of sp³-hybridized carbons (Fsp3) is 0.148. The zero-order valence-electron chi connectivity index (χ0n) is 18.0. The van der Waals surface area contributed by atoms with Crippen LogP contribution >= 0.6 is 0 Å². The Morgan fingerprint density at radius 2 is 1.53 bits per heavy atom. The average Bonchev–Trinajstić information content (AvgIpc) is 3.28. The largest absolute Gasteiger partial charge is 0.507 e. The van der Waals surface area contributed by atoms with Gasteiger partial charge in [0.1, 0.15) is 17.2 Å². The molecule has 1 atom stereocenters. The van der Waals surface area contributed by atoms with Gasteiger partial charge in [0.15, 0.2) is 0 Å². The Morgan fingerprint density at radius 1 is 0.812 bits per heavy atom. The van der Waals surface area contributed by atoms with Crippen LogP contribution in [0.2, 0.25) is 0 Å². The first kappa shape index (κ1) is 19.9. The number of phenols is 1. The van der Waals surface area contributed by atoms with Crippen LogP contribution in [-0.4, -0.2) is 25.0 Å². The predicted molar refractivity (Wildman–Crippen MR) is 128 cm³/mol. The first-order chi connectivity index (χ1) is 15.7. The third kappa shape index (κ3) is 3.42. The van der Waals surface area contributed by atoms with Crippen molar-refractivity contribution < 1.29 is 14.6 Å². The standard InChI is InChI=1S/C27H24N2O3/c1-31-19-13-11-18(12-14-19)29-25(17-24(28-29)23-9-5-6-10-26(23)30)21-15-16-27(32-2)22-8-4-3-7-20(21)22/h3-16,25,30H,17H2,1-2H3. The maximum absolute atomic E-state index is 10.5. The Kier molecular flexibility index (Phi) is 5.15. The van der Waals surface area contributed by atoms with Crippen LogP contribution in [0.3, 0.4) is 0 Å².